The number of hydrogen-bond donors (Lipinski definition) is 1. The van der Waals surface area contributed by atoms with Crippen LogP contribution in [0.3, 0.4) is 0 Å². The minimum absolute atomic E-state index is 0.00579. The topological polar surface area (TPSA) is 64.0 Å². The quantitative estimate of drug-likeness (QED) is 0.873. The van der Waals surface area contributed by atoms with Gasteiger partial charge in [-0.1, -0.05) is 27.7 Å². The molecule has 0 radical (unpaired) electrons. The van der Waals surface area contributed by atoms with Crippen LogP contribution in [0.25, 0.3) is 0 Å². The van der Waals surface area contributed by atoms with E-state index >= 15 is 0 Å². The van der Waals surface area contributed by atoms with Crippen molar-refractivity contribution in [1.82, 2.24) is 15.1 Å². The molecule has 2 heterocycles. The summed E-state index contributed by atoms with van der Waals surface area (Å²) in [5.41, 5.74) is 2.36. The second kappa shape index (κ2) is 6.48. The molecule has 1 aliphatic rings. The highest BCUT2D eigenvalue weighted by Gasteiger charge is 2.31. The van der Waals surface area contributed by atoms with Crippen molar-refractivity contribution in [3.05, 3.63) is 17.5 Å². The molecule has 1 fully saturated rings. The van der Waals surface area contributed by atoms with Gasteiger partial charge < -0.3 is 5.32 Å². The van der Waals surface area contributed by atoms with Gasteiger partial charge in [-0.25, -0.2) is 8.42 Å². The van der Waals surface area contributed by atoms with E-state index in [1.807, 2.05) is 10.9 Å². The lowest BCUT2D eigenvalue weighted by atomic mass is 10.0. The minimum atomic E-state index is -2.88. The SMILES string of the molecule is CC(C)CNCc1cnn(C2CCS(=O)(=O)C2)c1C(C)C. The number of nitrogens with zero attached hydrogens (tertiary/aromatic N) is 2. The van der Waals surface area contributed by atoms with E-state index in [2.05, 4.69) is 38.1 Å². The van der Waals surface area contributed by atoms with Crippen molar-refractivity contribution >= 4 is 9.84 Å². The van der Waals surface area contributed by atoms with E-state index in [1.165, 1.54) is 11.3 Å². The van der Waals surface area contributed by atoms with Gasteiger partial charge in [0, 0.05) is 17.8 Å². The number of hydrogen-bond acceptors (Lipinski definition) is 4. The zero-order valence-electron chi connectivity index (χ0n) is 13.5. The van der Waals surface area contributed by atoms with E-state index in [0.717, 1.165) is 13.1 Å². The van der Waals surface area contributed by atoms with Crippen LogP contribution in [0.4, 0.5) is 0 Å². The first kappa shape index (κ1) is 16.5. The number of nitrogens with one attached hydrogen (secondary N) is 1. The van der Waals surface area contributed by atoms with Gasteiger partial charge in [0.2, 0.25) is 0 Å². The highest BCUT2D eigenvalue weighted by molar-refractivity contribution is 7.91. The summed E-state index contributed by atoms with van der Waals surface area (Å²) in [7, 11) is -2.88. The maximum absolute atomic E-state index is 11.7. The van der Waals surface area contributed by atoms with Crippen LogP contribution in [0.2, 0.25) is 0 Å². The molecule has 2 rings (SSSR count). The Hall–Kier alpha value is -0.880. The average Bonchev–Trinajstić information content (AvgIpc) is 2.92. The lowest BCUT2D eigenvalue weighted by Gasteiger charge is -2.17. The number of rotatable bonds is 6. The number of sulfone groups is 1. The second-order valence-corrected chi connectivity index (χ2v) is 8.96. The standard InChI is InChI=1S/C15H27N3O2S/c1-11(2)7-16-8-13-9-17-18(15(13)12(3)4)14-5-6-21(19,20)10-14/h9,11-12,14,16H,5-8,10H2,1-4H3. The van der Waals surface area contributed by atoms with Crippen molar-refractivity contribution in [1.29, 1.82) is 0 Å². The monoisotopic (exact) mass is 313 g/mol. The van der Waals surface area contributed by atoms with E-state index < -0.39 is 9.84 Å². The predicted octanol–water partition coefficient (Wildman–Crippen LogP) is 2.11. The maximum Gasteiger partial charge on any atom is 0.152 e. The average molecular weight is 313 g/mol. The summed E-state index contributed by atoms with van der Waals surface area (Å²) in [6, 6.07) is 0.00579. The molecule has 21 heavy (non-hydrogen) atoms. The Labute approximate surface area is 128 Å². The summed E-state index contributed by atoms with van der Waals surface area (Å²) in [5.74, 6) is 1.47. The largest absolute Gasteiger partial charge is 0.312 e. The first-order valence-corrected chi connectivity index (χ1v) is 9.59. The zero-order chi connectivity index (χ0) is 15.6. The van der Waals surface area contributed by atoms with Gasteiger partial charge in [0.05, 0.1) is 23.7 Å². The van der Waals surface area contributed by atoms with Crippen LogP contribution >= 0.6 is 0 Å². The molecule has 1 aromatic heterocycles. The van der Waals surface area contributed by atoms with Gasteiger partial charge >= 0.3 is 0 Å². The van der Waals surface area contributed by atoms with E-state index in [9.17, 15) is 8.42 Å². The van der Waals surface area contributed by atoms with Crippen LogP contribution < -0.4 is 5.32 Å². The highest BCUT2D eigenvalue weighted by Crippen LogP contribution is 2.29. The molecule has 0 aromatic carbocycles. The summed E-state index contributed by atoms with van der Waals surface area (Å²) in [6.07, 6.45) is 2.58. The molecule has 6 heteroatoms. The molecule has 0 aliphatic carbocycles. The third-order valence-electron chi connectivity index (χ3n) is 3.88. The first-order chi connectivity index (χ1) is 9.80. The van der Waals surface area contributed by atoms with Crippen molar-refractivity contribution in [2.24, 2.45) is 5.92 Å². The maximum atomic E-state index is 11.7. The summed E-state index contributed by atoms with van der Waals surface area (Å²) in [4.78, 5) is 0. The fourth-order valence-corrected chi connectivity index (χ4v) is 4.63. The van der Waals surface area contributed by atoms with Gasteiger partial charge in [0.1, 0.15) is 0 Å². The van der Waals surface area contributed by atoms with E-state index in [4.69, 9.17) is 0 Å². The fourth-order valence-electron chi connectivity index (χ4n) is 2.93. The summed E-state index contributed by atoms with van der Waals surface area (Å²) >= 11 is 0. The van der Waals surface area contributed by atoms with Crippen LogP contribution in [-0.4, -0.2) is 36.2 Å². The summed E-state index contributed by atoms with van der Waals surface area (Å²) in [6.45, 7) is 10.4. The molecule has 1 aromatic rings. The molecule has 1 atom stereocenters. The molecule has 5 nitrogen and oxygen atoms in total. The first-order valence-electron chi connectivity index (χ1n) is 7.77. The molecule has 0 amide bonds. The Balaban J connectivity index is 2.17. The van der Waals surface area contributed by atoms with Crippen molar-refractivity contribution in [3.8, 4) is 0 Å². The lowest BCUT2D eigenvalue weighted by Crippen LogP contribution is -2.21. The van der Waals surface area contributed by atoms with Gasteiger partial charge in [-0.15, -0.1) is 0 Å². The van der Waals surface area contributed by atoms with Crippen LogP contribution in [0, 0.1) is 5.92 Å². The highest BCUT2D eigenvalue weighted by atomic mass is 32.2. The molecule has 120 valence electrons. The van der Waals surface area contributed by atoms with Crippen LogP contribution in [0.1, 0.15) is 57.3 Å². The number of aromatic nitrogens is 2. The van der Waals surface area contributed by atoms with Crippen molar-refractivity contribution < 1.29 is 8.42 Å². The molecule has 0 bridgehead atoms. The lowest BCUT2D eigenvalue weighted by molar-refractivity contribution is 0.468. The van der Waals surface area contributed by atoms with E-state index in [1.54, 1.807) is 0 Å². The van der Waals surface area contributed by atoms with Gasteiger partial charge in [-0.3, -0.25) is 4.68 Å². The second-order valence-electron chi connectivity index (χ2n) is 6.74. The predicted molar refractivity (Wildman–Crippen MR) is 85.2 cm³/mol. The smallest absolute Gasteiger partial charge is 0.152 e. The third kappa shape index (κ3) is 4.07. The van der Waals surface area contributed by atoms with Crippen molar-refractivity contribution in [3.63, 3.8) is 0 Å². The van der Waals surface area contributed by atoms with Crippen molar-refractivity contribution in [2.75, 3.05) is 18.1 Å². The van der Waals surface area contributed by atoms with Crippen molar-refractivity contribution in [2.45, 2.75) is 52.6 Å². The summed E-state index contributed by atoms with van der Waals surface area (Å²) < 4.78 is 25.4. The summed E-state index contributed by atoms with van der Waals surface area (Å²) in [5, 5.41) is 7.94. The van der Waals surface area contributed by atoms with E-state index in [-0.39, 0.29) is 17.5 Å². The Morgan fingerprint density at radius 1 is 1.38 bits per heavy atom. The zero-order valence-corrected chi connectivity index (χ0v) is 14.3. The molecule has 1 saturated heterocycles. The molecule has 0 spiro atoms. The Bertz CT molecular complexity index is 576. The minimum Gasteiger partial charge on any atom is -0.312 e. The Kier molecular flexibility index (Phi) is 5.09. The Morgan fingerprint density at radius 2 is 2.10 bits per heavy atom. The molecule has 1 unspecified atom stereocenters. The van der Waals surface area contributed by atoms with Crippen LogP contribution in [-0.2, 0) is 16.4 Å². The molecule has 0 saturated carbocycles. The normalized spacial score (nSPS) is 21.5. The molecular weight excluding hydrogens is 286 g/mol. The van der Waals surface area contributed by atoms with Gasteiger partial charge in [0.15, 0.2) is 9.84 Å². The van der Waals surface area contributed by atoms with Crippen LogP contribution in [0.15, 0.2) is 6.20 Å². The molecule has 1 N–H and O–H groups in total. The van der Waals surface area contributed by atoms with Gasteiger partial charge in [-0.05, 0) is 24.8 Å². The van der Waals surface area contributed by atoms with Crippen LogP contribution in [0.5, 0.6) is 0 Å². The third-order valence-corrected chi connectivity index (χ3v) is 5.63. The van der Waals surface area contributed by atoms with E-state index in [0.29, 0.717) is 18.3 Å². The fraction of sp³-hybridized carbons (Fsp3) is 0.800. The Morgan fingerprint density at radius 3 is 2.62 bits per heavy atom. The van der Waals surface area contributed by atoms with Gasteiger partial charge in [0.25, 0.3) is 0 Å². The molecule has 1 aliphatic heterocycles. The molecular formula is C15H27N3O2S. The van der Waals surface area contributed by atoms with Gasteiger partial charge in [-0.2, -0.15) is 5.10 Å².